The van der Waals surface area contributed by atoms with Crippen LogP contribution in [0.4, 0.5) is 0 Å². The number of aromatic nitrogens is 1. The lowest BCUT2D eigenvalue weighted by Crippen LogP contribution is -2.34. The first-order chi connectivity index (χ1) is 8.89. The van der Waals surface area contributed by atoms with Crippen LogP contribution in [0.5, 0.6) is 0 Å². The maximum Gasteiger partial charge on any atom is 0.263 e. The van der Waals surface area contributed by atoms with Crippen molar-refractivity contribution in [3.63, 3.8) is 0 Å². The van der Waals surface area contributed by atoms with Crippen molar-refractivity contribution < 1.29 is 13.2 Å². The molecule has 0 fully saturated rings. The third-order valence-electron chi connectivity index (χ3n) is 3.44. The van der Waals surface area contributed by atoms with Gasteiger partial charge >= 0.3 is 0 Å². The van der Waals surface area contributed by atoms with Crippen LogP contribution in [0.1, 0.15) is 15.9 Å². The van der Waals surface area contributed by atoms with E-state index in [0.717, 1.165) is 12.0 Å². The van der Waals surface area contributed by atoms with Gasteiger partial charge in [-0.05, 0) is 12.0 Å². The first-order valence-corrected chi connectivity index (χ1v) is 8.03. The fourth-order valence-corrected chi connectivity index (χ4v) is 3.47. The van der Waals surface area contributed by atoms with E-state index in [-0.39, 0.29) is 10.8 Å². The minimum atomic E-state index is -3.83. The molecule has 0 radical (unpaired) electrons. The Balaban J connectivity index is 2.36. The van der Waals surface area contributed by atoms with Crippen molar-refractivity contribution in [1.82, 2.24) is 9.88 Å². The minimum Gasteiger partial charge on any atom is -0.359 e. The van der Waals surface area contributed by atoms with Gasteiger partial charge in [0.25, 0.3) is 15.0 Å². The Morgan fingerprint density at radius 2 is 2.11 bits per heavy atom. The van der Waals surface area contributed by atoms with Gasteiger partial charge in [0, 0.05) is 35.9 Å². The number of nitrogens with zero attached hydrogens (tertiary/aromatic N) is 1. The van der Waals surface area contributed by atoms with Gasteiger partial charge in [0.1, 0.15) is 4.90 Å². The second-order valence-corrected chi connectivity index (χ2v) is 7.12. The van der Waals surface area contributed by atoms with E-state index >= 15 is 0 Å². The molecule has 1 N–H and O–H groups in total. The van der Waals surface area contributed by atoms with Gasteiger partial charge in [-0.15, -0.1) is 0 Å². The van der Waals surface area contributed by atoms with E-state index in [2.05, 4.69) is 4.98 Å². The van der Waals surface area contributed by atoms with Gasteiger partial charge in [-0.25, -0.2) is 8.42 Å². The molecular weight excluding hydrogens is 288 g/mol. The fraction of sp³-hybridized carbons (Fsp3) is 0.250. The molecule has 1 aromatic heterocycles. The Morgan fingerprint density at radius 1 is 1.37 bits per heavy atom. The van der Waals surface area contributed by atoms with Gasteiger partial charge in [-0.3, -0.25) is 4.79 Å². The number of aromatic amines is 1. The molecular formula is C12H11ClN2O3S. The number of H-pyrrole nitrogens is 1. The molecule has 0 saturated heterocycles. The van der Waals surface area contributed by atoms with E-state index in [4.69, 9.17) is 10.7 Å². The lowest BCUT2D eigenvalue weighted by molar-refractivity contribution is 0.0783. The molecule has 0 bridgehead atoms. The Bertz CT molecular complexity index is 795. The molecule has 2 heterocycles. The number of benzene rings is 1. The van der Waals surface area contributed by atoms with Crippen LogP contribution < -0.4 is 0 Å². The molecule has 1 aliphatic rings. The van der Waals surface area contributed by atoms with Crippen LogP contribution in [-0.2, 0) is 15.5 Å². The van der Waals surface area contributed by atoms with Gasteiger partial charge in [-0.2, -0.15) is 0 Å². The van der Waals surface area contributed by atoms with E-state index in [1.54, 1.807) is 24.1 Å². The number of halogens is 1. The highest BCUT2D eigenvalue weighted by atomic mass is 35.7. The molecule has 0 atom stereocenters. The second-order valence-electron chi connectivity index (χ2n) is 4.59. The molecule has 19 heavy (non-hydrogen) atoms. The maximum absolute atomic E-state index is 12.2. The van der Waals surface area contributed by atoms with Gasteiger partial charge < -0.3 is 9.88 Å². The predicted molar refractivity (Wildman–Crippen MR) is 72.0 cm³/mol. The SMILES string of the molecule is CN1CCc2ccc3c(S(=O)(=O)Cl)c[nH]c3c2C1=O. The average molecular weight is 299 g/mol. The number of hydrogen-bond donors (Lipinski definition) is 1. The van der Waals surface area contributed by atoms with Crippen LogP contribution in [0.25, 0.3) is 10.9 Å². The van der Waals surface area contributed by atoms with Crippen LogP contribution in [0.3, 0.4) is 0 Å². The molecule has 3 rings (SSSR count). The summed E-state index contributed by atoms with van der Waals surface area (Å²) in [4.78, 5) is 16.7. The number of rotatable bonds is 1. The first kappa shape index (κ1) is 12.5. The molecule has 2 aromatic rings. The molecule has 1 aromatic carbocycles. The van der Waals surface area contributed by atoms with Gasteiger partial charge in [0.05, 0.1) is 11.1 Å². The lowest BCUT2D eigenvalue weighted by atomic mass is 9.97. The summed E-state index contributed by atoms with van der Waals surface area (Å²) in [5, 5.41) is 0.456. The van der Waals surface area contributed by atoms with E-state index in [1.165, 1.54) is 6.20 Å². The standard InChI is InChI=1S/C12H11ClN2O3S/c1-15-5-4-7-2-3-8-9(19(13,17)18)6-14-11(8)10(7)12(15)16/h2-3,6,14H,4-5H2,1H3. The summed E-state index contributed by atoms with van der Waals surface area (Å²) >= 11 is 0. The predicted octanol–water partition coefficient (Wildman–Crippen LogP) is 1.72. The van der Waals surface area contributed by atoms with Crippen molar-refractivity contribution in [2.75, 3.05) is 13.6 Å². The molecule has 0 aliphatic carbocycles. The highest BCUT2D eigenvalue weighted by molar-refractivity contribution is 8.14. The second kappa shape index (κ2) is 3.98. The maximum atomic E-state index is 12.2. The number of carbonyl (C=O) groups excluding carboxylic acids is 1. The summed E-state index contributed by atoms with van der Waals surface area (Å²) < 4.78 is 22.9. The summed E-state index contributed by atoms with van der Waals surface area (Å²) in [5.74, 6) is -0.104. The number of carbonyl (C=O) groups is 1. The molecule has 0 unspecified atom stereocenters. The van der Waals surface area contributed by atoms with E-state index in [0.29, 0.717) is 23.0 Å². The van der Waals surface area contributed by atoms with Gasteiger partial charge in [0.2, 0.25) is 0 Å². The quantitative estimate of drug-likeness (QED) is 0.815. The summed E-state index contributed by atoms with van der Waals surface area (Å²) in [6.07, 6.45) is 2.09. The number of nitrogens with one attached hydrogen (secondary N) is 1. The topological polar surface area (TPSA) is 70.2 Å². The number of fused-ring (bicyclic) bond motifs is 3. The van der Waals surface area contributed by atoms with Gasteiger partial charge in [0.15, 0.2) is 0 Å². The van der Waals surface area contributed by atoms with E-state index in [1.807, 2.05) is 0 Å². The summed E-state index contributed by atoms with van der Waals surface area (Å²) in [6, 6.07) is 3.49. The first-order valence-electron chi connectivity index (χ1n) is 5.72. The fourth-order valence-electron chi connectivity index (χ4n) is 2.45. The highest BCUT2D eigenvalue weighted by Crippen LogP contribution is 2.31. The molecule has 1 amide bonds. The zero-order valence-corrected chi connectivity index (χ0v) is 11.7. The molecule has 0 saturated carbocycles. The Kier molecular flexibility index (Phi) is 2.62. The lowest BCUT2D eigenvalue weighted by Gasteiger charge is -2.25. The van der Waals surface area contributed by atoms with Crippen LogP contribution in [0.2, 0.25) is 0 Å². The third kappa shape index (κ3) is 1.82. The zero-order valence-electron chi connectivity index (χ0n) is 10.1. The van der Waals surface area contributed by atoms with Crippen molar-refractivity contribution in [3.05, 3.63) is 29.5 Å². The zero-order chi connectivity index (χ0) is 13.8. The van der Waals surface area contributed by atoms with Crippen LogP contribution in [0.15, 0.2) is 23.2 Å². The summed E-state index contributed by atoms with van der Waals surface area (Å²) in [5.41, 5.74) is 2.00. The third-order valence-corrected chi connectivity index (χ3v) is 4.81. The van der Waals surface area contributed by atoms with E-state index in [9.17, 15) is 13.2 Å². The Labute approximate surface area is 114 Å². The van der Waals surface area contributed by atoms with E-state index < -0.39 is 9.05 Å². The molecule has 100 valence electrons. The largest absolute Gasteiger partial charge is 0.359 e. The normalized spacial score (nSPS) is 15.9. The molecule has 5 nitrogen and oxygen atoms in total. The van der Waals surface area contributed by atoms with Crippen molar-refractivity contribution in [2.24, 2.45) is 0 Å². The molecule has 7 heteroatoms. The van der Waals surface area contributed by atoms with Crippen molar-refractivity contribution in [3.8, 4) is 0 Å². The van der Waals surface area contributed by atoms with Crippen LogP contribution in [-0.4, -0.2) is 37.8 Å². The smallest absolute Gasteiger partial charge is 0.263 e. The van der Waals surface area contributed by atoms with Crippen LogP contribution in [0, 0.1) is 0 Å². The number of likely N-dealkylation sites (N-methyl/N-ethyl adjacent to an activating group) is 1. The highest BCUT2D eigenvalue weighted by Gasteiger charge is 2.26. The Hall–Kier alpha value is -1.53. The van der Waals surface area contributed by atoms with Crippen molar-refractivity contribution in [2.45, 2.75) is 11.3 Å². The average Bonchev–Trinajstić information content (AvgIpc) is 2.76. The summed E-state index contributed by atoms with van der Waals surface area (Å²) in [6.45, 7) is 0.665. The van der Waals surface area contributed by atoms with Crippen molar-refractivity contribution in [1.29, 1.82) is 0 Å². The Morgan fingerprint density at radius 3 is 2.79 bits per heavy atom. The number of amides is 1. The summed E-state index contributed by atoms with van der Waals surface area (Å²) in [7, 11) is 3.28. The molecule has 1 aliphatic heterocycles. The van der Waals surface area contributed by atoms with Gasteiger partial charge in [-0.1, -0.05) is 12.1 Å². The minimum absolute atomic E-state index is 0.00740. The van der Waals surface area contributed by atoms with Crippen molar-refractivity contribution >= 4 is 36.5 Å². The number of hydrogen-bond acceptors (Lipinski definition) is 3. The molecule has 0 spiro atoms. The monoisotopic (exact) mass is 298 g/mol. The van der Waals surface area contributed by atoms with Crippen LogP contribution >= 0.6 is 10.7 Å².